The first-order valence-corrected chi connectivity index (χ1v) is 7.40. The van der Waals surface area contributed by atoms with E-state index in [0.717, 1.165) is 43.6 Å². The van der Waals surface area contributed by atoms with Crippen LogP contribution in [-0.4, -0.2) is 25.4 Å². The summed E-state index contributed by atoms with van der Waals surface area (Å²) >= 11 is 0. The molecule has 1 aliphatic carbocycles. The maximum Gasteiger partial charge on any atom is 0.202 e. The standard InChI is InChI=1S/C15H21N3O2/c1-2-12-10-13(20-17-12)14-16-8-9-18(14)11-15(19)6-4-3-5-7-15/h8-10,19H,2-7,11H2,1H3. The molecule has 20 heavy (non-hydrogen) atoms. The Morgan fingerprint density at radius 3 is 2.85 bits per heavy atom. The Bertz CT molecular complexity index is 567. The molecule has 5 nitrogen and oxygen atoms in total. The highest BCUT2D eigenvalue weighted by Gasteiger charge is 2.30. The molecule has 0 radical (unpaired) electrons. The van der Waals surface area contributed by atoms with E-state index in [-0.39, 0.29) is 0 Å². The number of aliphatic hydroxyl groups is 1. The van der Waals surface area contributed by atoms with Crippen molar-refractivity contribution < 1.29 is 9.63 Å². The molecule has 0 atom stereocenters. The molecular formula is C15H21N3O2. The number of aromatic nitrogens is 3. The lowest BCUT2D eigenvalue weighted by Crippen LogP contribution is -2.36. The van der Waals surface area contributed by atoms with Gasteiger partial charge in [0.15, 0.2) is 5.82 Å². The van der Waals surface area contributed by atoms with Crippen LogP contribution < -0.4 is 0 Å². The summed E-state index contributed by atoms with van der Waals surface area (Å²) < 4.78 is 7.33. The summed E-state index contributed by atoms with van der Waals surface area (Å²) in [6.07, 6.45) is 9.63. The van der Waals surface area contributed by atoms with Gasteiger partial charge in [0.05, 0.1) is 17.8 Å². The molecule has 0 aromatic carbocycles. The fraction of sp³-hybridized carbons (Fsp3) is 0.600. The lowest BCUT2D eigenvalue weighted by atomic mass is 9.85. The first-order chi connectivity index (χ1) is 9.70. The SMILES string of the molecule is CCc1cc(-c2nccn2CC2(O)CCCCC2)on1. The molecule has 0 bridgehead atoms. The van der Waals surface area contributed by atoms with E-state index in [0.29, 0.717) is 12.3 Å². The number of nitrogens with zero attached hydrogens (tertiary/aromatic N) is 3. The van der Waals surface area contributed by atoms with Gasteiger partial charge in [-0.15, -0.1) is 0 Å². The average Bonchev–Trinajstić information content (AvgIpc) is 3.07. The quantitative estimate of drug-likeness (QED) is 0.932. The minimum Gasteiger partial charge on any atom is -0.388 e. The predicted octanol–water partition coefficient (Wildman–Crippen LogP) is 2.80. The summed E-state index contributed by atoms with van der Waals surface area (Å²) in [5.41, 5.74) is 0.312. The van der Waals surface area contributed by atoms with Crippen LogP contribution in [0.5, 0.6) is 0 Å². The summed E-state index contributed by atoms with van der Waals surface area (Å²) in [5.74, 6) is 1.42. The lowest BCUT2D eigenvalue weighted by molar-refractivity contribution is -0.0111. The van der Waals surface area contributed by atoms with Crippen molar-refractivity contribution in [1.82, 2.24) is 14.7 Å². The van der Waals surface area contributed by atoms with Crippen molar-refractivity contribution in [1.29, 1.82) is 0 Å². The second kappa shape index (κ2) is 5.40. The van der Waals surface area contributed by atoms with Crippen molar-refractivity contribution in [3.63, 3.8) is 0 Å². The van der Waals surface area contributed by atoms with Crippen LogP contribution in [0.15, 0.2) is 23.0 Å². The van der Waals surface area contributed by atoms with E-state index >= 15 is 0 Å². The fourth-order valence-electron chi connectivity index (χ4n) is 2.93. The van der Waals surface area contributed by atoms with Crippen LogP contribution in [0.2, 0.25) is 0 Å². The van der Waals surface area contributed by atoms with Crippen LogP contribution in [0.25, 0.3) is 11.6 Å². The normalized spacial score (nSPS) is 18.3. The summed E-state index contributed by atoms with van der Waals surface area (Å²) in [4.78, 5) is 4.35. The molecule has 2 heterocycles. The molecule has 1 fully saturated rings. The van der Waals surface area contributed by atoms with Gasteiger partial charge < -0.3 is 14.2 Å². The highest BCUT2D eigenvalue weighted by molar-refractivity contribution is 5.47. The zero-order valence-corrected chi connectivity index (χ0v) is 11.9. The maximum atomic E-state index is 10.7. The predicted molar refractivity (Wildman–Crippen MR) is 75.1 cm³/mol. The Labute approximate surface area is 118 Å². The van der Waals surface area contributed by atoms with E-state index < -0.39 is 5.60 Å². The van der Waals surface area contributed by atoms with Crippen molar-refractivity contribution in [3.05, 3.63) is 24.2 Å². The summed E-state index contributed by atoms with van der Waals surface area (Å²) in [6.45, 7) is 2.61. The Balaban J connectivity index is 1.82. The Hall–Kier alpha value is -1.62. The van der Waals surface area contributed by atoms with Crippen molar-refractivity contribution in [2.75, 3.05) is 0 Å². The number of aryl methyl sites for hydroxylation is 1. The van der Waals surface area contributed by atoms with Gasteiger partial charge in [-0.3, -0.25) is 0 Å². The van der Waals surface area contributed by atoms with Crippen LogP contribution in [0.4, 0.5) is 0 Å². The van der Waals surface area contributed by atoms with Gasteiger partial charge in [-0.1, -0.05) is 31.3 Å². The largest absolute Gasteiger partial charge is 0.388 e. The van der Waals surface area contributed by atoms with Crippen molar-refractivity contribution in [2.24, 2.45) is 0 Å². The first kappa shape index (κ1) is 13.4. The third kappa shape index (κ3) is 2.63. The van der Waals surface area contributed by atoms with E-state index in [9.17, 15) is 5.11 Å². The van der Waals surface area contributed by atoms with Gasteiger partial charge >= 0.3 is 0 Å². The third-order valence-corrected chi connectivity index (χ3v) is 4.11. The molecule has 108 valence electrons. The minimum absolute atomic E-state index is 0.574. The summed E-state index contributed by atoms with van der Waals surface area (Å²) in [5, 5.41) is 14.7. The second-order valence-electron chi connectivity index (χ2n) is 5.70. The van der Waals surface area contributed by atoms with Crippen molar-refractivity contribution >= 4 is 0 Å². The molecular weight excluding hydrogens is 254 g/mol. The monoisotopic (exact) mass is 275 g/mol. The highest BCUT2D eigenvalue weighted by Crippen LogP contribution is 2.31. The van der Waals surface area contributed by atoms with Gasteiger partial charge in [-0.25, -0.2) is 4.98 Å². The molecule has 0 aliphatic heterocycles. The zero-order valence-electron chi connectivity index (χ0n) is 11.9. The van der Waals surface area contributed by atoms with Crippen LogP contribution in [0, 0.1) is 0 Å². The van der Waals surface area contributed by atoms with Crippen LogP contribution in [0.1, 0.15) is 44.7 Å². The zero-order chi connectivity index (χ0) is 14.0. The molecule has 0 saturated heterocycles. The first-order valence-electron chi connectivity index (χ1n) is 7.40. The lowest BCUT2D eigenvalue weighted by Gasteiger charge is -2.32. The fourth-order valence-corrected chi connectivity index (χ4v) is 2.93. The second-order valence-corrected chi connectivity index (χ2v) is 5.70. The smallest absolute Gasteiger partial charge is 0.202 e. The molecule has 0 unspecified atom stereocenters. The summed E-state index contributed by atoms with van der Waals surface area (Å²) in [6, 6.07) is 1.92. The molecule has 0 spiro atoms. The molecule has 0 amide bonds. The molecule has 5 heteroatoms. The highest BCUT2D eigenvalue weighted by atomic mass is 16.5. The van der Waals surface area contributed by atoms with E-state index in [1.165, 1.54) is 6.42 Å². The van der Waals surface area contributed by atoms with Crippen LogP contribution in [0.3, 0.4) is 0 Å². The number of hydrogen-bond donors (Lipinski definition) is 1. The van der Waals surface area contributed by atoms with E-state index in [4.69, 9.17) is 4.52 Å². The maximum absolute atomic E-state index is 10.7. The minimum atomic E-state index is -0.610. The molecule has 2 aromatic heterocycles. The molecule has 1 saturated carbocycles. The Morgan fingerprint density at radius 2 is 2.15 bits per heavy atom. The van der Waals surface area contributed by atoms with Crippen LogP contribution >= 0.6 is 0 Å². The van der Waals surface area contributed by atoms with E-state index in [2.05, 4.69) is 10.1 Å². The van der Waals surface area contributed by atoms with Gasteiger partial charge in [-0.05, 0) is 19.3 Å². The van der Waals surface area contributed by atoms with Crippen LogP contribution in [-0.2, 0) is 13.0 Å². The van der Waals surface area contributed by atoms with E-state index in [1.54, 1.807) is 6.20 Å². The summed E-state index contributed by atoms with van der Waals surface area (Å²) in [7, 11) is 0. The molecule has 1 N–H and O–H groups in total. The Kier molecular flexibility index (Phi) is 3.61. The molecule has 2 aromatic rings. The Morgan fingerprint density at radius 1 is 1.35 bits per heavy atom. The van der Waals surface area contributed by atoms with Gasteiger partial charge in [0, 0.05) is 18.5 Å². The average molecular weight is 275 g/mol. The number of rotatable bonds is 4. The molecule has 1 aliphatic rings. The topological polar surface area (TPSA) is 64.1 Å². The van der Waals surface area contributed by atoms with Gasteiger partial charge in [0.1, 0.15) is 0 Å². The third-order valence-electron chi connectivity index (χ3n) is 4.11. The molecule has 3 rings (SSSR count). The number of hydrogen-bond acceptors (Lipinski definition) is 4. The van der Waals surface area contributed by atoms with E-state index in [1.807, 2.05) is 23.8 Å². The van der Waals surface area contributed by atoms with Gasteiger partial charge in [0.2, 0.25) is 5.76 Å². The van der Waals surface area contributed by atoms with Gasteiger partial charge in [0.25, 0.3) is 0 Å². The van der Waals surface area contributed by atoms with Crippen molar-refractivity contribution in [2.45, 2.75) is 57.6 Å². The number of imidazole rings is 1. The van der Waals surface area contributed by atoms with Gasteiger partial charge in [-0.2, -0.15) is 0 Å². The van der Waals surface area contributed by atoms with Crippen molar-refractivity contribution in [3.8, 4) is 11.6 Å².